The number of halogens is 1. The molecule has 0 bridgehead atoms. The smallest absolute Gasteiger partial charge is 0.309 e. The Bertz CT molecular complexity index is 1070. The Balaban J connectivity index is 1.46. The third-order valence-electron chi connectivity index (χ3n) is 5.82. The molecule has 0 radical (unpaired) electrons. The second-order valence-corrected chi connectivity index (χ2v) is 10.0. The van der Waals surface area contributed by atoms with Gasteiger partial charge in [-0.05, 0) is 67.6 Å². The van der Waals surface area contributed by atoms with E-state index in [4.69, 9.17) is 4.74 Å². The Morgan fingerprint density at radius 2 is 1.65 bits per heavy atom. The monoisotopic (exact) mass is 491 g/mol. The largest absolute Gasteiger partial charge is 0.497 e. The van der Waals surface area contributed by atoms with Gasteiger partial charge in [-0.25, -0.2) is 12.8 Å². The summed E-state index contributed by atoms with van der Waals surface area (Å²) in [5.74, 6) is -1.24. The van der Waals surface area contributed by atoms with Gasteiger partial charge in [0.05, 0.1) is 12.0 Å². The molecule has 184 valence electrons. The summed E-state index contributed by atoms with van der Waals surface area (Å²) < 4.78 is 45.8. The molecule has 2 aromatic carbocycles. The molecule has 8 nitrogen and oxygen atoms in total. The highest BCUT2D eigenvalue weighted by Gasteiger charge is 2.33. The van der Waals surface area contributed by atoms with Gasteiger partial charge in [-0.3, -0.25) is 9.59 Å². The zero-order valence-electron chi connectivity index (χ0n) is 19.1. The summed E-state index contributed by atoms with van der Waals surface area (Å²) in [7, 11) is -2.18. The van der Waals surface area contributed by atoms with Gasteiger partial charge in [0.15, 0.2) is 0 Å². The van der Waals surface area contributed by atoms with Gasteiger partial charge in [0, 0.05) is 25.7 Å². The Hall–Kier alpha value is -2.98. The molecule has 1 aliphatic rings. The van der Waals surface area contributed by atoms with Gasteiger partial charge < -0.3 is 15.4 Å². The number of methoxy groups -OCH3 is 1. The minimum Gasteiger partial charge on any atom is -0.497 e. The minimum absolute atomic E-state index is 0.0427. The van der Waals surface area contributed by atoms with Crippen molar-refractivity contribution in [2.45, 2.75) is 43.0 Å². The van der Waals surface area contributed by atoms with Crippen LogP contribution < -0.4 is 15.4 Å². The van der Waals surface area contributed by atoms with E-state index in [0.717, 1.165) is 36.3 Å². The third-order valence-corrected chi connectivity index (χ3v) is 7.79. The van der Waals surface area contributed by atoms with E-state index in [2.05, 4.69) is 10.6 Å². The van der Waals surface area contributed by atoms with Crippen molar-refractivity contribution in [3.63, 3.8) is 0 Å². The first-order valence-corrected chi connectivity index (χ1v) is 12.7. The molecule has 0 aromatic heterocycles. The SMILES string of the molecule is COc1ccc(CCNC(=O)C(=O)NCCC2CCCCN2S(=O)(=O)c2ccc(F)cc2)cc1. The summed E-state index contributed by atoms with van der Waals surface area (Å²) in [6.07, 6.45) is 3.22. The van der Waals surface area contributed by atoms with Crippen LogP contribution >= 0.6 is 0 Å². The van der Waals surface area contributed by atoms with Gasteiger partial charge in [0.25, 0.3) is 0 Å². The van der Waals surface area contributed by atoms with Crippen molar-refractivity contribution < 1.29 is 27.1 Å². The molecule has 10 heteroatoms. The topological polar surface area (TPSA) is 105 Å². The molecule has 1 saturated heterocycles. The Morgan fingerprint density at radius 1 is 1.00 bits per heavy atom. The summed E-state index contributed by atoms with van der Waals surface area (Å²) in [5, 5.41) is 5.16. The first kappa shape index (κ1) is 25.6. The van der Waals surface area contributed by atoms with Crippen LogP contribution in [0.5, 0.6) is 5.75 Å². The lowest BCUT2D eigenvalue weighted by atomic mass is 10.0. The average Bonchev–Trinajstić information content (AvgIpc) is 2.85. The number of nitrogens with one attached hydrogen (secondary N) is 2. The third kappa shape index (κ3) is 6.77. The molecule has 34 heavy (non-hydrogen) atoms. The number of piperidine rings is 1. The van der Waals surface area contributed by atoms with Crippen molar-refractivity contribution in [3.8, 4) is 5.75 Å². The summed E-state index contributed by atoms with van der Waals surface area (Å²) in [5.41, 5.74) is 1.00. The van der Waals surface area contributed by atoms with Gasteiger partial charge in [-0.2, -0.15) is 4.31 Å². The lowest BCUT2D eigenvalue weighted by Crippen LogP contribution is -2.46. The average molecular weight is 492 g/mol. The van der Waals surface area contributed by atoms with Crippen molar-refractivity contribution in [1.29, 1.82) is 0 Å². The maximum Gasteiger partial charge on any atom is 0.309 e. The molecular formula is C24H30FN3O5S. The number of carbonyl (C=O) groups is 2. The van der Waals surface area contributed by atoms with Gasteiger partial charge in [-0.1, -0.05) is 18.6 Å². The minimum atomic E-state index is -3.77. The second-order valence-electron chi connectivity index (χ2n) is 8.12. The van der Waals surface area contributed by atoms with Crippen molar-refractivity contribution in [2.75, 3.05) is 26.7 Å². The molecule has 1 fully saturated rings. The predicted octanol–water partition coefficient (Wildman–Crippen LogP) is 2.24. The van der Waals surface area contributed by atoms with Crippen molar-refractivity contribution >= 4 is 21.8 Å². The van der Waals surface area contributed by atoms with Gasteiger partial charge in [-0.15, -0.1) is 0 Å². The Kier molecular flexibility index (Phi) is 9.00. The van der Waals surface area contributed by atoms with Crippen LogP contribution in [0.4, 0.5) is 4.39 Å². The summed E-state index contributed by atoms with van der Waals surface area (Å²) >= 11 is 0. The molecule has 0 saturated carbocycles. The van der Waals surface area contributed by atoms with E-state index in [1.165, 1.54) is 16.4 Å². The summed E-state index contributed by atoms with van der Waals surface area (Å²) in [6.45, 7) is 0.847. The fourth-order valence-electron chi connectivity index (χ4n) is 3.95. The van der Waals surface area contributed by atoms with Crippen molar-refractivity contribution in [2.24, 2.45) is 0 Å². The maximum atomic E-state index is 13.2. The van der Waals surface area contributed by atoms with E-state index < -0.39 is 27.7 Å². The number of hydrogen-bond acceptors (Lipinski definition) is 5. The molecule has 2 amide bonds. The quantitative estimate of drug-likeness (QED) is 0.524. The van der Waals surface area contributed by atoms with Crippen LogP contribution in [0, 0.1) is 5.82 Å². The van der Waals surface area contributed by atoms with Crippen LogP contribution in [0.3, 0.4) is 0 Å². The van der Waals surface area contributed by atoms with E-state index >= 15 is 0 Å². The second kappa shape index (κ2) is 11.9. The predicted molar refractivity (Wildman–Crippen MR) is 125 cm³/mol. The first-order chi connectivity index (χ1) is 16.3. The van der Waals surface area contributed by atoms with E-state index in [1.54, 1.807) is 7.11 Å². The number of benzene rings is 2. The van der Waals surface area contributed by atoms with E-state index in [-0.39, 0.29) is 17.5 Å². The highest BCUT2D eigenvalue weighted by atomic mass is 32.2. The molecule has 1 heterocycles. The van der Waals surface area contributed by atoms with Crippen LogP contribution in [0.2, 0.25) is 0 Å². The van der Waals surface area contributed by atoms with Crippen LogP contribution in [0.25, 0.3) is 0 Å². The number of carbonyl (C=O) groups excluding carboxylic acids is 2. The summed E-state index contributed by atoms with van der Waals surface area (Å²) in [6, 6.07) is 11.9. The fraction of sp³-hybridized carbons (Fsp3) is 0.417. The fourth-order valence-corrected chi connectivity index (χ4v) is 5.67. The van der Waals surface area contributed by atoms with E-state index in [9.17, 15) is 22.4 Å². The summed E-state index contributed by atoms with van der Waals surface area (Å²) in [4.78, 5) is 24.2. The maximum absolute atomic E-state index is 13.2. The van der Waals surface area contributed by atoms with Crippen molar-refractivity contribution in [3.05, 3.63) is 59.9 Å². The molecule has 0 aliphatic carbocycles. The van der Waals surface area contributed by atoms with Gasteiger partial charge in [0.2, 0.25) is 10.0 Å². The normalized spacial score (nSPS) is 16.6. The highest BCUT2D eigenvalue weighted by Crippen LogP contribution is 2.27. The van der Waals surface area contributed by atoms with E-state index in [0.29, 0.717) is 32.4 Å². The van der Waals surface area contributed by atoms with Crippen LogP contribution in [-0.2, 0) is 26.0 Å². The number of hydrogen-bond donors (Lipinski definition) is 2. The van der Waals surface area contributed by atoms with Gasteiger partial charge >= 0.3 is 11.8 Å². The number of sulfonamides is 1. The number of rotatable bonds is 9. The van der Waals surface area contributed by atoms with Crippen LogP contribution in [-0.4, -0.2) is 57.3 Å². The van der Waals surface area contributed by atoms with Crippen molar-refractivity contribution in [1.82, 2.24) is 14.9 Å². The number of ether oxygens (including phenoxy) is 1. The molecule has 2 aromatic rings. The molecule has 1 atom stereocenters. The zero-order chi connectivity index (χ0) is 24.6. The number of amides is 2. The van der Waals surface area contributed by atoms with Gasteiger partial charge in [0.1, 0.15) is 11.6 Å². The van der Waals surface area contributed by atoms with Crippen LogP contribution in [0.15, 0.2) is 53.4 Å². The molecule has 1 unspecified atom stereocenters. The Morgan fingerprint density at radius 3 is 2.29 bits per heavy atom. The molecule has 0 spiro atoms. The number of nitrogens with zero attached hydrogens (tertiary/aromatic N) is 1. The van der Waals surface area contributed by atoms with E-state index in [1.807, 2.05) is 24.3 Å². The molecule has 1 aliphatic heterocycles. The zero-order valence-corrected chi connectivity index (χ0v) is 19.9. The molecule has 3 rings (SSSR count). The lowest BCUT2D eigenvalue weighted by Gasteiger charge is -2.34. The first-order valence-electron chi connectivity index (χ1n) is 11.3. The Labute approximate surface area is 199 Å². The standard InChI is InChI=1S/C24H30FN3O5S/c1-33-21-9-5-18(6-10-21)13-15-26-23(29)24(30)27-16-14-20-4-2-3-17-28(20)34(31,32)22-11-7-19(25)8-12-22/h5-12,20H,2-4,13-17H2,1H3,(H,26,29)(H,27,30). The van der Waals surface area contributed by atoms with Crippen LogP contribution in [0.1, 0.15) is 31.2 Å². The highest BCUT2D eigenvalue weighted by molar-refractivity contribution is 7.89. The lowest BCUT2D eigenvalue weighted by molar-refractivity contribution is -0.139. The molecular weight excluding hydrogens is 461 g/mol. The molecule has 2 N–H and O–H groups in total.